The van der Waals surface area contributed by atoms with Crippen LogP contribution in [0.3, 0.4) is 0 Å². The van der Waals surface area contributed by atoms with Gasteiger partial charge in [-0.15, -0.1) is 17.0 Å². The van der Waals surface area contributed by atoms with Gasteiger partial charge in [-0.25, -0.2) is 0 Å². The average molecular weight is 345 g/mol. The molecule has 112 valence electrons. The summed E-state index contributed by atoms with van der Waals surface area (Å²) in [5.41, 5.74) is 0.726. The topological polar surface area (TPSA) is 74.8 Å². The summed E-state index contributed by atoms with van der Waals surface area (Å²) in [4.78, 5) is 14.9. The second kappa shape index (κ2) is 10.1. The number of halogens is 1. The van der Waals surface area contributed by atoms with Crippen molar-refractivity contribution < 1.29 is 9.53 Å². The number of carbonyl (C=O) groups is 1. The molecule has 0 aliphatic carbocycles. The van der Waals surface area contributed by atoms with E-state index >= 15 is 0 Å². The molecule has 0 atom stereocenters. The highest BCUT2D eigenvalue weighted by molar-refractivity contribution is 8.93. The van der Waals surface area contributed by atoms with Crippen molar-refractivity contribution in [3.63, 3.8) is 0 Å². The van der Waals surface area contributed by atoms with Gasteiger partial charge in [0.25, 0.3) is 0 Å². The molecule has 1 rings (SSSR count). The number of nitrogens with one attached hydrogen (secondary N) is 3. The molecule has 1 aromatic carbocycles. The smallest absolute Gasteiger partial charge is 0.221 e. The molecule has 0 aliphatic rings. The van der Waals surface area contributed by atoms with E-state index in [-0.39, 0.29) is 22.9 Å². The van der Waals surface area contributed by atoms with E-state index in [0.29, 0.717) is 18.9 Å². The van der Waals surface area contributed by atoms with E-state index in [1.54, 1.807) is 20.2 Å². The minimum absolute atomic E-state index is 0. The number of hydrogen-bond donors (Lipinski definition) is 3. The van der Waals surface area contributed by atoms with Crippen LogP contribution < -0.4 is 20.7 Å². The Hall–Kier alpha value is -1.76. The van der Waals surface area contributed by atoms with Crippen LogP contribution in [-0.2, 0) is 4.79 Å². The molecule has 3 N–H and O–H groups in total. The van der Waals surface area contributed by atoms with Crippen LogP contribution in [0, 0.1) is 0 Å². The lowest BCUT2D eigenvalue weighted by Crippen LogP contribution is -2.37. The van der Waals surface area contributed by atoms with E-state index in [9.17, 15) is 4.79 Å². The van der Waals surface area contributed by atoms with Gasteiger partial charge in [-0.3, -0.25) is 9.79 Å². The van der Waals surface area contributed by atoms with E-state index in [0.717, 1.165) is 11.6 Å². The third kappa shape index (κ3) is 6.98. The number of nitrogens with zero attached hydrogens (tertiary/aromatic N) is 1. The van der Waals surface area contributed by atoms with Gasteiger partial charge < -0.3 is 20.7 Å². The molecule has 1 aromatic rings. The lowest BCUT2D eigenvalue weighted by molar-refractivity contribution is -0.114. The average Bonchev–Trinajstić information content (AvgIpc) is 2.38. The molecule has 0 bridgehead atoms. The maximum atomic E-state index is 10.9. The predicted molar refractivity (Wildman–Crippen MR) is 87.0 cm³/mol. The third-order valence-electron chi connectivity index (χ3n) is 2.28. The van der Waals surface area contributed by atoms with Crippen molar-refractivity contribution >= 4 is 34.5 Å². The number of carbonyl (C=O) groups excluding carboxylic acids is 1. The molecule has 0 saturated heterocycles. The molecule has 6 nitrogen and oxygen atoms in total. The van der Waals surface area contributed by atoms with Gasteiger partial charge in [-0.2, -0.15) is 0 Å². The Labute approximate surface area is 129 Å². The molecule has 0 aliphatic heterocycles. The zero-order valence-electron chi connectivity index (χ0n) is 11.9. The normalized spacial score (nSPS) is 10.2. The van der Waals surface area contributed by atoms with Crippen molar-refractivity contribution in [1.82, 2.24) is 10.6 Å². The second-order valence-electron chi connectivity index (χ2n) is 3.81. The quantitative estimate of drug-likeness (QED) is 0.428. The molecule has 0 saturated carbocycles. The first-order chi connectivity index (χ1) is 9.15. The summed E-state index contributed by atoms with van der Waals surface area (Å²) in [6, 6.07) is 7.28. The summed E-state index contributed by atoms with van der Waals surface area (Å²) in [7, 11) is 3.50. The molecule has 7 heteroatoms. The summed E-state index contributed by atoms with van der Waals surface area (Å²) >= 11 is 0. The second-order valence-corrected chi connectivity index (χ2v) is 3.81. The Morgan fingerprint density at radius 2 is 2.15 bits per heavy atom. The van der Waals surface area contributed by atoms with Gasteiger partial charge >= 0.3 is 0 Å². The van der Waals surface area contributed by atoms with Crippen molar-refractivity contribution in [3.8, 4) is 5.75 Å². The van der Waals surface area contributed by atoms with Crippen molar-refractivity contribution in [2.45, 2.75) is 6.92 Å². The maximum Gasteiger partial charge on any atom is 0.221 e. The molecular formula is C13H21BrN4O2. The molecule has 0 unspecified atom stereocenters. The zero-order chi connectivity index (χ0) is 14.1. The molecule has 0 heterocycles. The number of aliphatic imine (C=N–C) groups is 1. The number of benzene rings is 1. The predicted octanol–water partition coefficient (Wildman–Crippen LogP) is 1.40. The van der Waals surface area contributed by atoms with Gasteiger partial charge in [0.2, 0.25) is 5.91 Å². The number of anilines is 1. The third-order valence-corrected chi connectivity index (χ3v) is 2.28. The first kappa shape index (κ1) is 18.2. The van der Waals surface area contributed by atoms with E-state index in [4.69, 9.17) is 4.74 Å². The SMILES string of the molecule is Br.CN=C(NC)NCCOc1cccc(NC(C)=O)c1. The zero-order valence-corrected chi connectivity index (χ0v) is 13.6. The lowest BCUT2D eigenvalue weighted by Gasteiger charge is -2.10. The molecule has 0 aromatic heterocycles. The first-order valence-electron chi connectivity index (χ1n) is 6.04. The molecule has 20 heavy (non-hydrogen) atoms. The number of amides is 1. The van der Waals surface area contributed by atoms with Crippen LogP contribution in [-0.4, -0.2) is 39.1 Å². The monoisotopic (exact) mass is 344 g/mol. The van der Waals surface area contributed by atoms with Gasteiger partial charge in [-0.05, 0) is 12.1 Å². The fraction of sp³-hybridized carbons (Fsp3) is 0.385. The van der Waals surface area contributed by atoms with Crippen LogP contribution >= 0.6 is 17.0 Å². The van der Waals surface area contributed by atoms with Crippen LogP contribution in [0.4, 0.5) is 5.69 Å². The number of ether oxygens (including phenoxy) is 1. The fourth-order valence-corrected chi connectivity index (χ4v) is 1.48. The van der Waals surface area contributed by atoms with E-state index in [2.05, 4.69) is 20.9 Å². The number of rotatable bonds is 5. The van der Waals surface area contributed by atoms with Crippen LogP contribution in [0.25, 0.3) is 0 Å². The van der Waals surface area contributed by atoms with E-state index < -0.39 is 0 Å². The van der Waals surface area contributed by atoms with Crippen molar-refractivity contribution in [2.24, 2.45) is 4.99 Å². The summed E-state index contributed by atoms with van der Waals surface area (Å²) in [5.74, 6) is 1.33. The number of hydrogen-bond acceptors (Lipinski definition) is 3. The first-order valence-corrected chi connectivity index (χ1v) is 6.04. The highest BCUT2D eigenvalue weighted by atomic mass is 79.9. The minimum atomic E-state index is -0.100. The minimum Gasteiger partial charge on any atom is -0.492 e. The van der Waals surface area contributed by atoms with Crippen LogP contribution in [0.15, 0.2) is 29.3 Å². The van der Waals surface area contributed by atoms with Gasteiger partial charge in [0.05, 0.1) is 6.54 Å². The van der Waals surface area contributed by atoms with Crippen molar-refractivity contribution in [3.05, 3.63) is 24.3 Å². The highest BCUT2D eigenvalue weighted by Crippen LogP contribution is 2.16. The van der Waals surface area contributed by atoms with E-state index in [1.807, 2.05) is 18.2 Å². The van der Waals surface area contributed by atoms with Gasteiger partial charge in [-0.1, -0.05) is 6.07 Å². The molecule has 0 radical (unpaired) electrons. The van der Waals surface area contributed by atoms with Gasteiger partial charge in [0, 0.05) is 32.8 Å². The summed E-state index contributed by atoms with van der Waals surface area (Å²) in [6.45, 7) is 2.61. The molecule has 0 spiro atoms. The Kier molecular flexibility index (Phi) is 9.19. The maximum absolute atomic E-state index is 10.9. The lowest BCUT2D eigenvalue weighted by atomic mass is 10.3. The molecule has 0 fully saturated rings. The van der Waals surface area contributed by atoms with Crippen molar-refractivity contribution in [2.75, 3.05) is 32.6 Å². The van der Waals surface area contributed by atoms with Crippen LogP contribution in [0.5, 0.6) is 5.75 Å². The summed E-state index contributed by atoms with van der Waals surface area (Å²) < 4.78 is 5.57. The van der Waals surface area contributed by atoms with Gasteiger partial charge in [0.15, 0.2) is 5.96 Å². The van der Waals surface area contributed by atoms with Crippen LogP contribution in [0.1, 0.15) is 6.92 Å². The van der Waals surface area contributed by atoms with Gasteiger partial charge in [0.1, 0.15) is 12.4 Å². The molecular weight excluding hydrogens is 324 g/mol. The van der Waals surface area contributed by atoms with E-state index in [1.165, 1.54) is 6.92 Å². The standard InChI is InChI=1S/C13H20N4O2.BrH/c1-10(18)17-11-5-4-6-12(9-11)19-8-7-16-13(14-2)15-3;/h4-6,9H,7-8H2,1-3H3,(H,17,18)(H2,14,15,16);1H. The Morgan fingerprint density at radius 1 is 1.40 bits per heavy atom. The summed E-state index contributed by atoms with van der Waals surface area (Å²) in [5, 5.41) is 8.71. The molecule has 1 amide bonds. The summed E-state index contributed by atoms with van der Waals surface area (Å²) in [6.07, 6.45) is 0. The Morgan fingerprint density at radius 3 is 2.75 bits per heavy atom. The largest absolute Gasteiger partial charge is 0.492 e. The van der Waals surface area contributed by atoms with Crippen LogP contribution in [0.2, 0.25) is 0 Å². The highest BCUT2D eigenvalue weighted by Gasteiger charge is 1.99. The fourth-order valence-electron chi connectivity index (χ4n) is 1.48. The van der Waals surface area contributed by atoms with Crippen molar-refractivity contribution in [1.29, 1.82) is 0 Å². The number of guanidine groups is 1. The Bertz CT molecular complexity index is 452. The Balaban J connectivity index is 0.00000361.